The molecule has 0 spiro atoms. The van der Waals surface area contributed by atoms with E-state index in [0.29, 0.717) is 24.1 Å². The molecule has 1 atom stereocenters. The van der Waals surface area contributed by atoms with Crippen LogP contribution >= 0.6 is 11.8 Å². The molecule has 1 nitrogen and oxygen atoms in total. The molecular weight excluding hydrogens is 144 g/mol. The van der Waals surface area contributed by atoms with Crippen molar-refractivity contribution < 1.29 is 8.78 Å². The Labute approximate surface area is 58.0 Å². The van der Waals surface area contributed by atoms with Crippen LogP contribution in [-0.2, 0) is 0 Å². The number of thioether (sulfide) groups is 1. The van der Waals surface area contributed by atoms with Crippen molar-refractivity contribution in [2.24, 2.45) is 11.7 Å². The lowest BCUT2D eigenvalue weighted by molar-refractivity contribution is 0.251. The summed E-state index contributed by atoms with van der Waals surface area (Å²) in [4.78, 5) is 0. The molecule has 0 heterocycles. The van der Waals surface area contributed by atoms with Gasteiger partial charge in [0.25, 0.3) is 5.76 Å². The van der Waals surface area contributed by atoms with Gasteiger partial charge in [0.05, 0.1) is 0 Å². The van der Waals surface area contributed by atoms with Crippen molar-refractivity contribution in [1.82, 2.24) is 0 Å². The van der Waals surface area contributed by atoms with Crippen LogP contribution in [0.4, 0.5) is 8.78 Å². The molecule has 0 aliphatic carbocycles. The molecule has 0 saturated carbocycles. The lowest BCUT2D eigenvalue weighted by atomic mass is 10.2. The lowest BCUT2D eigenvalue weighted by Crippen LogP contribution is -2.13. The Kier molecular flexibility index (Phi) is 5.09. The van der Waals surface area contributed by atoms with Gasteiger partial charge in [-0.2, -0.15) is 8.78 Å². The van der Waals surface area contributed by atoms with E-state index in [0.717, 1.165) is 0 Å². The summed E-state index contributed by atoms with van der Waals surface area (Å²) < 4.78 is 22.9. The van der Waals surface area contributed by atoms with E-state index in [9.17, 15) is 8.78 Å². The third-order valence-electron chi connectivity index (χ3n) is 0.909. The first-order valence-electron chi connectivity index (χ1n) is 2.76. The van der Waals surface area contributed by atoms with Crippen LogP contribution in [0.25, 0.3) is 0 Å². The Hall–Kier alpha value is 0.170. The molecule has 0 saturated heterocycles. The number of hydrogen-bond donors (Lipinski definition) is 1. The molecule has 0 aliphatic heterocycles. The van der Waals surface area contributed by atoms with Crippen molar-refractivity contribution in [1.29, 1.82) is 0 Å². The average molecular weight is 155 g/mol. The van der Waals surface area contributed by atoms with Crippen molar-refractivity contribution in [3.8, 4) is 0 Å². The van der Waals surface area contributed by atoms with Crippen molar-refractivity contribution in [3.63, 3.8) is 0 Å². The van der Waals surface area contributed by atoms with Gasteiger partial charge in [0.1, 0.15) is 0 Å². The fourth-order valence-corrected chi connectivity index (χ4v) is 0.915. The minimum absolute atomic E-state index is 0.198. The minimum Gasteiger partial charge on any atom is -0.330 e. The summed E-state index contributed by atoms with van der Waals surface area (Å²) in [5, 5.41) is 0. The predicted octanol–water partition coefficient (Wildman–Crippen LogP) is 1.54. The summed E-state index contributed by atoms with van der Waals surface area (Å²) in [6, 6.07) is 0. The second kappa shape index (κ2) is 4.99. The maximum Gasteiger partial charge on any atom is 0.284 e. The highest BCUT2D eigenvalue weighted by atomic mass is 32.2. The van der Waals surface area contributed by atoms with Gasteiger partial charge in [-0.25, -0.2) is 0 Å². The molecule has 0 bridgehead atoms. The van der Waals surface area contributed by atoms with Crippen molar-refractivity contribution in [3.05, 3.63) is 0 Å². The quantitative estimate of drug-likeness (QED) is 0.666. The number of nitrogens with two attached hydrogens (primary N) is 1. The highest BCUT2D eigenvalue weighted by Crippen LogP contribution is 2.15. The summed E-state index contributed by atoms with van der Waals surface area (Å²) in [6.45, 7) is 2.34. The van der Waals surface area contributed by atoms with Gasteiger partial charge in [0, 0.05) is 5.75 Å². The van der Waals surface area contributed by atoms with Crippen LogP contribution in [0.3, 0.4) is 0 Å². The smallest absolute Gasteiger partial charge is 0.284 e. The molecule has 0 aromatic rings. The van der Waals surface area contributed by atoms with E-state index in [-0.39, 0.29) is 5.92 Å². The maximum atomic E-state index is 11.5. The Morgan fingerprint density at radius 3 is 2.44 bits per heavy atom. The zero-order chi connectivity index (χ0) is 7.28. The van der Waals surface area contributed by atoms with E-state index in [1.165, 1.54) is 0 Å². The van der Waals surface area contributed by atoms with Crippen LogP contribution in [-0.4, -0.2) is 18.1 Å². The number of halogens is 2. The zero-order valence-electron chi connectivity index (χ0n) is 5.31. The topological polar surface area (TPSA) is 26.0 Å². The summed E-state index contributed by atoms with van der Waals surface area (Å²) in [6.07, 6.45) is 0. The van der Waals surface area contributed by atoms with Crippen LogP contribution in [0.5, 0.6) is 0 Å². The second-order valence-corrected chi connectivity index (χ2v) is 2.96. The molecule has 4 heteroatoms. The molecule has 0 aliphatic rings. The summed E-state index contributed by atoms with van der Waals surface area (Å²) in [7, 11) is 0. The Balaban J connectivity index is 3.06. The predicted molar refractivity (Wildman–Crippen MR) is 36.7 cm³/mol. The summed E-state index contributed by atoms with van der Waals surface area (Å²) >= 11 is 0.651. The maximum absolute atomic E-state index is 11.5. The molecule has 9 heavy (non-hydrogen) atoms. The number of rotatable bonds is 4. The van der Waals surface area contributed by atoms with E-state index in [4.69, 9.17) is 5.73 Å². The molecule has 56 valence electrons. The molecule has 0 amide bonds. The molecule has 0 aromatic heterocycles. The SMILES string of the molecule is CC(CN)CSC(F)F. The Morgan fingerprint density at radius 1 is 1.56 bits per heavy atom. The van der Waals surface area contributed by atoms with Crippen LogP contribution in [0.15, 0.2) is 0 Å². The highest BCUT2D eigenvalue weighted by Gasteiger charge is 2.05. The van der Waals surface area contributed by atoms with Crippen molar-refractivity contribution in [2.45, 2.75) is 12.7 Å². The second-order valence-electron chi connectivity index (χ2n) is 1.93. The van der Waals surface area contributed by atoms with Gasteiger partial charge < -0.3 is 5.73 Å². The van der Waals surface area contributed by atoms with Crippen molar-refractivity contribution >= 4 is 11.8 Å². The molecule has 0 rings (SSSR count). The third kappa shape index (κ3) is 6.05. The van der Waals surface area contributed by atoms with E-state index in [1.807, 2.05) is 6.92 Å². The first kappa shape index (κ1) is 9.17. The van der Waals surface area contributed by atoms with Crippen molar-refractivity contribution in [2.75, 3.05) is 12.3 Å². The molecule has 1 unspecified atom stereocenters. The van der Waals surface area contributed by atoms with Gasteiger partial charge in [0.15, 0.2) is 0 Å². The van der Waals surface area contributed by atoms with E-state index in [1.54, 1.807) is 0 Å². The Bertz CT molecular complexity index is 70.0. The van der Waals surface area contributed by atoms with E-state index < -0.39 is 5.76 Å². The molecular formula is C5H11F2NS. The summed E-state index contributed by atoms with van der Waals surface area (Å²) in [5.74, 6) is -1.60. The van der Waals surface area contributed by atoms with Gasteiger partial charge in [-0.05, 0) is 12.5 Å². The van der Waals surface area contributed by atoms with Gasteiger partial charge in [-0.1, -0.05) is 18.7 Å². The monoisotopic (exact) mass is 155 g/mol. The molecule has 0 fully saturated rings. The largest absolute Gasteiger partial charge is 0.330 e. The first-order chi connectivity index (χ1) is 4.16. The van der Waals surface area contributed by atoms with Crippen LogP contribution in [0.1, 0.15) is 6.92 Å². The van der Waals surface area contributed by atoms with Crippen LogP contribution in [0, 0.1) is 5.92 Å². The molecule has 0 radical (unpaired) electrons. The molecule has 0 aromatic carbocycles. The van der Waals surface area contributed by atoms with Gasteiger partial charge in [0.2, 0.25) is 0 Å². The fraction of sp³-hybridized carbons (Fsp3) is 1.00. The molecule has 2 N–H and O–H groups in total. The normalized spacial score (nSPS) is 14.3. The minimum atomic E-state index is -2.25. The lowest BCUT2D eigenvalue weighted by Gasteiger charge is -2.05. The fourth-order valence-electron chi connectivity index (χ4n) is 0.305. The zero-order valence-corrected chi connectivity index (χ0v) is 6.13. The third-order valence-corrected chi connectivity index (χ3v) is 1.92. The number of alkyl halides is 2. The van der Waals surface area contributed by atoms with E-state index >= 15 is 0 Å². The number of hydrogen-bond acceptors (Lipinski definition) is 2. The van der Waals surface area contributed by atoms with E-state index in [2.05, 4.69) is 0 Å². The van der Waals surface area contributed by atoms with Gasteiger partial charge >= 0.3 is 0 Å². The summed E-state index contributed by atoms with van der Waals surface area (Å²) in [5.41, 5.74) is 5.20. The van der Waals surface area contributed by atoms with Crippen LogP contribution in [0.2, 0.25) is 0 Å². The highest BCUT2D eigenvalue weighted by molar-refractivity contribution is 7.99. The van der Waals surface area contributed by atoms with Gasteiger partial charge in [-0.15, -0.1) is 0 Å². The Morgan fingerprint density at radius 2 is 2.11 bits per heavy atom. The van der Waals surface area contributed by atoms with Crippen LogP contribution < -0.4 is 5.73 Å². The average Bonchev–Trinajstić information content (AvgIpc) is 1.83. The standard InChI is InChI=1S/C5H11F2NS/c1-4(2-8)3-9-5(6)7/h4-5H,2-3,8H2,1H3. The van der Waals surface area contributed by atoms with Gasteiger partial charge in [-0.3, -0.25) is 0 Å². The first-order valence-corrected chi connectivity index (χ1v) is 3.81.